The van der Waals surface area contributed by atoms with E-state index in [0.717, 1.165) is 4.47 Å². The molecule has 3 nitrogen and oxygen atoms in total. The topological polar surface area (TPSA) is 46.2 Å². The summed E-state index contributed by atoms with van der Waals surface area (Å²) in [6.45, 7) is 1.65. The predicted octanol–water partition coefficient (Wildman–Crippen LogP) is 4.50. The number of rotatable bonds is 5. The zero-order chi connectivity index (χ0) is 16.1. The molecule has 1 N–H and O–H groups in total. The Kier molecular flexibility index (Phi) is 5.44. The molecule has 0 aliphatic carbocycles. The van der Waals surface area contributed by atoms with Crippen molar-refractivity contribution >= 4 is 33.3 Å². The van der Waals surface area contributed by atoms with Gasteiger partial charge in [0.2, 0.25) is 5.91 Å². The summed E-state index contributed by atoms with van der Waals surface area (Å²) in [5.41, 5.74) is 1.48. The number of carbonyl (C=O) groups excluding carboxylic acids is 2. The molecule has 0 unspecified atom stereocenters. The average Bonchev–Trinajstić information content (AvgIpc) is 2.49. The Labute approximate surface area is 136 Å². The van der Waals surface area contributed by atoms with E-state index in [9.17, 15) is 14.0 Å². The summed E-state index contributed by atoms with van der Waals surface area (Å²) in [7, 11) is 0. The second-order valence-corrected chi connectivity index (χ2v) is 5.86. The average molecular weight is 364 g/mol. The van der Waals surface area contributed by atoms with Crippen molar-refractivity contribution in [1.29, 1.82) is 0 Å². The largest absolute Gasteiger partial charge is 0.326 e. The monoisotopic (exact) mass is 363 g/mol. The lowest BCUT2D eigenvalue weighted by Crippen LogP contribution is -2.13. The van der Waals surface area contributed by atoms with Gasteiger partial charge in [0, 0.05) is 28.6 Å². The van der Waals surface area contributed by atoms with Crippen LogP contribution in [0.5, 0.6) is 0 Å². The molecule has 2 rings (SSSR count). The number of halogens is 2. The number of nitrogens with one attached hydrogen (secondary N) is 1. The maximum Gasteiger partial charge on any atom is 0.224 e. The molecule has 22 heavy (non-hydrogen) atoms. The van der Waals surface area contributed by atoms with Crippen LogP contribution in [0.2, 0.25) is 0 Å². The Bertz CT molecular complexity index is 698. The normalized spacial score (nSPS) is 10.3. The van der Waals surface area contributed by atoms with Gasteiger partial charge < -0.3 is 5.32 Å². The summed E-state index contributed by atoms with van der Waals surface area (Å²) in [6.07, 6.45) is 0.173. The highest BCUT2D eigenvalue weighted by molar-refractivity contribution is 9.10. The summed E-state index contributed by atoms with van der Waals surface area (Å²) >= 11 is 3.30. The minimum absolute atomic E-state index is 0.0599. The molecule has 0 saturated carbocycles. The molecule has 0 aromatic heterocycles. The predicted molar refractivity (Wildman–Crippen MR) is 87.5 cm³/mol. The lowest BCUT2D eigenvalue weighted by molar-refractivity contribution is -0.116. The van der Waals surface area contributed by atoms with Crippen molar-refractivity contribution < 1.29 is 14.0 Å². The molecule has 0 bridgehead atoms. The van der Waals surface area contributed by atoms with Crippen molar-refractivity contribution in [3.05, 3.63) is 63.9 Å². The van der Waals surface area contributed by atoms with E-state index in [1.54, 1.807) is 43.3 Å². The fourth-order valence-corrected chi connectivity index (χ4v) is 2.17. The highest BCUT2D eigenvalue weighted by Gasteiger charge is 2.10. The lowest BCUT2D eigenvalue weighted by Gasteiger charge is -2.06. The van der Waals surface area contributed by atoms with Gasteiger partial charge in [-0.1, -0.05) is 34.1 Å². The van der Waals surface area contributed by atoms with Crippen LogP contribution < -0.4 is 5.32 Å². The molecule has 0 fully saturated rings. The lowest BCUT2D eigenvalue weighted by atomic mass is 10.1. The minimum atomic E-state index is -0.372. The third kappa shape index (κ3) is 4.49. The first-order valence-electron chi connectivity index (χ1n) is 6.80. The molecule has 0 aliphatic heterocycles. The summed E-state index contributed by atoms with van der Waals surface area (Å²) < 4.78 is 14.3. The minimum Gasteiger partial charge on any atom is -0.326 e. The third-order valence-electron chi connectivity index (χ3n) is 3.20. The molecule has 0 spiro atoms. The molecule has 0 heterocycles. The molecule has 0 atom stereocenters. The zero-order valence-corrected chi connectivity index (χ0v) is 13.6. The number of benzene rings is 2. The third-order valence-corrected chi connectivity index (χ3v) is 3.73. The van der Waals surface area contributed by atoms with Gasteiger partial charge in [-0.25, -0.2) is 4.39 Å². The highest BCUT2D eigenvalue weighted by atomic mass is 79.9. The summed E-state index contributed by atoms with van der Waals surface area (Å²) in [6, 6.07) is 11.5. The van der Waals surface area contributed by atoms with Gasteiger partial charge >= 0.3 is 0 Å². The highest BCUT2D eigenvalue weighted by Crippen LogP contribution is 2.15. The molecule has 1 amide bonds. The van der Waals surface area contributed by atoms with Crippen LogP contribution in [0.25, 0.3) is 0 Å². The van der Waals surface area contributed by atoms with E-state index in [2.05, 4.69) is 21.2 Å². The molecular weight excluding hydrogens is 349 g/mol. The molecule has 2 aromatic rings. The van der Waals surface area contributed by atoms with E-state index in [1.807, 2.05) is 0 Å². The molecular formula is C17H15BrFNO2. The van der Waals surface area contributed by atoms with Gasteiger partial charge in [0.1, 0.15) is 5.82 Å². The first-order chi connectivity index (χ1) is 10.5. The smallest absolute Gasteiger partial charge is 0.224 e. The fraction of sp³-hybridized carbons (Fsp3) is 0.176. The number of anilines is 1. The summed E-state index contributed by atoms with van der Waals surface area (Å²) in [5, 5.41) is 2.59. The van der Waals surface area contributed by atoms with Crippen molar-refractivity contribution in [2.45, 2.75) is 19.8 Å². The van der Waals surface area contributed by atoms with Gasteiger partial charge in [0.15, 0.2) is 5.78 Å². The molecule has 0 saturated heterocycles. The Balaban J connectivity index is 1.88. The van der Waals surface area contributed by atoms with E-state index in [-0.39, 0.29) is 30.3 Å². The van der Waals surface area contributed by atoms with Crippen LogP contribution in [0.15, 0.2) is 46.9 Å². The van der Waals surface area contributed by atoms with E-state index in [4.69, 9.17) is 0 Å². The Hall–Kier alpha value is -2.01. The number of ketones is 1. The fourth-order valence-electron chi connectivity index (χ4n) is 1.90. The SMILES string of the molecule is Cc1ccc(NC(=O)CCC(=O)c2ccc(Br)cc2)cc1F. The van der Waals surface area contributed by atoms with E-state index >= 15 is 0 Å². The van der Waals surface area contributed by atoms with Gasteiger partial charge in [0.25, 0.3) is 0 Å². The van der Waals surface area contributed by atoms with E-state index in [0.29, 0.717) is 16.8 Å². The number of amides is 1. The Morgan fingerprint density at radius 3 is 2.41 bits per heavy atom. The number of aryl methyl sites for hydroxylation is 1. The van der Waals surface area contributed by atoms with Gasteiger partial charge in [-0.15, -0.1) is 0 Å². The molecule has 0 aliphatic rings. The van der Waals surface area contributed by atoms with E-state index < -0.39 is 0 Å². The van der Waals surface area contributed by atoms with Crippen LogP contribution in [0.4, 0.5) is 10.1 Å². The number of carbonyl (C=O) groups is 2. The van der Waals surface area contributed by atoms with Crippen molar-refractivity contribution in [3.63, 3.8) is 0 Å². The van der Waals surface area contributed by atoms with Crippen molar-refractivity contribution in [2.75, 3.05) is 5.32 Å². The second-order valence-electron chi connectivity index (χ2n) is 4.94. The quantitative estimate of drug-likeness (QED) is 0.795. The Morgan fingerprint density at radius 2 is 1.77 bits per heavy atom. The van der Waals surface area contributed by atoms with Gasteiger partial charge in [-0.05, 0) is 36.8 Å². The maximum absolute atomic E-state index is 13.4. The van der Waals surface area contributed by atoms with Crippen molar-refractivity contribution in [2.24, 2.45) is 0 Å². The first kappa shape index (κ1) is 16.4. The van der Waals surface area contributed by atoms with Crippen LogP contribution in [-0.4, -0.2) is 11.7 Å². The Morgan fingerprint density at radius 1 is 1.09 bits per heavy atom. The summed E-state index contributed by atoms with van der Waals surface area (Å²) in [5.74, 6) is -0.782. The number of hydrogen-bond acceptors (Lipinski definition) is 2. The second kappa shape index (κ2) is 7.31. The molecule has 114 valence electrons. The van der Waals surface area contributed by atoms with Crippen LogP contribution in [0.1, 0.15) is 28.8 Å². The van der Waals surface area contributed by atoms with Crippen LogP contribution >= 0.6 is 15.9 Å². The van der Waals surface area contributed by atoms with Gasteiger partial charge in [-0.2, -0.15) is 0 Å². The molecule has 2 aromatic carbocycles. The van der Waals surface area contributed by atoms with Crippen LogP contribution in [-0.2, 0) is 4.79 Å². The number of Topliss-reactive ketones (excluding diaryl/α,β-unsaturated/α-hetero) is 1. The maximum atomic E-state index is 13.4. The van der Waals surface area contributed by atoms with Gasteiger partial charge in [0.05, 0.1) is 0 Å². The van der Waals surface area contributed by atoms with Gasteiger partial charge in [-0.3, -0.25) is 9.59 Å². The summed E-state index contributed by atoms with van der Waals surface area (Å²) in [4.78, 5) is 23.8. The molecule has 0 radical (unpaired) electrons. The first-order valence-corrected chi connectivity index (χ1v) is 7.60. The van der Waals surface area contributed by atoms with Crippen LogP contribution in [0.3, 0.4) is 0 Å². The van der Waals surface area contributed by atoms with Crippen molar-refractivity contribution in [3.8, 4) is 0 Å². The van der Waals surface area contributed by atoms with Crippen molar-refractivity contribution in [1.82, 2.24) is 0 Å². The van der Waals surface area contributed by atoms with Crippen LogP contribution in [0, 0.1) is 12.7 Å². The standard InChI is InChI=1S/C17H15BrFNO2/c1-11-2-7-14(10-15(11)19)20-17(22)9-8-16(21)12-3-5-13(18)6-4-12/h2-7,10H,8-9H2,1H3,(H,20,22). The molecule has 5 heteroatoms. The zero-order valence-electron chi connectivity index (χ0n) is 12.0. The number of hydrogen-bond donors (Lipinski definition) is 1. The van der Waals surface area contributed by atoms with E-state index in [1.165, 1.54) is 6.07 Å².